The number of rotatable bonds is 6. The SMILES string of the molecule is Cc1ccc(OCC(=O)NC2CCCC2)c(CCN)n1. The van der Waals surface area contributed by atoms with Gasteiger partial charge in [-0.15, -0.1) is 0 Å². The Bertz CT molecular complexity index is 456. The lowest BCUT2D eigenvalue weighted by Gasteiger charge is -2.14. The monoisotopic (exact) mass is 277 g/mol. The van der Waals surface area contributed by atoms with E-state index in [0.29, 0.717) is 24.8 Å². The van der Waals surface area contributed by atoms with Crippen LogP contribution in [0.4, 0.5) is 0 Å². The van der Waals surface area contributed by atoms with Gasteiger partial charge in [0.1, 0.15) is 5.75 Å². The van der Waals surface area contributed by atoms with Crippen molar-refractivity contribution in [2.45, 2.75) is 45.1 Å². The Morgan fingerprint density at radius 1 is 1.45 bits per heavy atom. The third kappa shape index (κ3) is 4.20. The van der Waals surface area contributed by atoms with Gasteiger partial charge in [0, 0.05) is 18.2 Å². The van der Waals surface area contributed by atoms with Crippen molar-refractivity contribution in [1.29, 1.82) is 0 Å². The van der Waals surface area contributed by atoms with Crippen molar-refractivity contribution in [3.8, 4) is 5.75 Å². The van der Waals surface area contributed by atoms with Gasteiger partial charge < -0.3 is 15.8 Å². The summed E-state index contributed by atoms with van der Waals surface area (Å²) in [5.74, 6) is 0.596. The van der Waals surface area contributed by atoms with Gasteiger partial charge in [-0.05, 0) is 38.4 Å². The van der Waals surface area contributed by atoms with Crippen molar-refractivity contribution in [2.24, 2.45) is 5.73 Å². The first-order valence-corrected chi connectivity index (χ1v) is 7.28. The standard InChI is InChI=1S/C15H23N3O2/c1-11-6-7-14(13(17-11)8-9-16)20-10-15(19)18-12-4-2-3-5-12/h6-7,12H,2-5,8-10,16H2,1H3,(H,18,19). The van der Waals surface area contributed by atoms with E-state index in [-0.39, 0.29) is 12.5 Å². The van der Waals surface area contributed by atoms with E-state index in [1.807, 2.05) is 19.1 Å². The quantitative estimate of drug-likeness (QED) is 0.822. The van der Waals surface area contributed by atoms with E-state index in [4.69, 9.17) is 10.5 Å². The molecule has 0 unspecified atom stereocenters. The van der Waals surface area contributed by atoms with Crippen molar-refractivity contribution in [3.63, 3.8) is 0 Å². The fourth-order valence-corrected chi connectivity index (χ4v) is 2.53. The van der Waals surface area contributed by atoms with Crippen LogP contribution < -0.4 is 15.8 Å². The molecule has 0 radical (unpaired) electrons. The average Bonchev–Trinajstić information content (AvgIpc) is 2.91. The van der Waals surface area contributed by atoms with E-state index in [0.717, 1.165) is 24.2 Å². The molecule has 3 N–H and O–H groups in total. The molecule has 1 aromatic heterocycles. The minimum atomic E-state index is -0.0591. The number of hydrogen-bond donors (Lipinski definition) is 2. The highest BCUT2D eigenvalue weighted by Gasteiger charge is 2.17. The van der Waals surface area contributed by atoms with Crippen LogP contribution in [0.3, 0.4) is 0 Å². The summed E-state index contributed by atoms with van der Waals surface area (Å²) in [7, 11) is 0. The number of amides is 1. The highest BCUT2D eigenvalue weighted by molar-refractivity contribution is 5.77. The highest BCUT2D eigenvalue weighted by Crippen LogP contribution is 2.19. The lowest BCUT2D eigenvalue weighted by molar-refractivity contribution is -0.123. The number of carbonyl (C=O) groups is 1. The third-order valence-corrected chi connectivity index (χ3v) is 3.53. The minimum absolute atomic E-state index is 0.0405. The van der Waals surface area contributed by atoms with Crippen LogP contribution >= 0.6 is 0 Å². The predicted molar refractivity (Wildman–Crippen MR) is 77.6 cm³/mol. The third-order valence-electron chi connectivity index (χ3n) is 3.53. The number of nitrogens with two attached hydrogens (primary N) is 1. The second-order valence-corrected chi connectivity index (χ2v) is 5.27. The van der Waals surface area contributed by atoms with Crippen LogP contribution in [0.1, 0.15) is 37.1 Å². The van der Waals surface area contributed by atoms with Gasteiger partial charge in [0.2, 0.25) is 0 Å². The van der Waals surface area contributed by atoms with Gasteiger partial charge in [-0.2, -0.15) is 0 Å². The summed E-state index contributed by atoms with van der Waals surface area (Å²) in [5, 5.41) is 3.00. The smallest absolute Gasteiger partial charge is 0.258 e. The van der Waals surface area contributed by atoms with Crippen molar-refractivity contribution in [2.75, 3.05) is 13.2 Å². The van der Waals surface area contributed by atoms with Crippen LogP contribution in [0.25, 0.3) is 0 Å². The zero-order chi connectivity index (χ0) is 14.4. The molecular formula is C15H23N3O2. The zero-order valence-electron chi connectivity index (χ0n) is 12.0. The first kappa shape index (κ1) is 14.8. The zero-order valence-corrected chi connectivity index (χ0v) is 12.0. The summed E-state index contributed by atoms with van der Waals surface area (Å²) in [6.45, 7) is 2.48. The number of nitrogens with zero attached hydrogens (tertiary/aromatic N) is 1. The molecule has 0 atom stereocenters. The largest absolute Gasteiger partial charge is 0.482 e. The average molecular weight is 277 g/mol. The first-order valence-electron chi connectivity index (χ1n) is 7.28. The maximum absolute atomic E-state index is 11.8. The van der Waals surface area contributed by atoms with Crippen LogP contribution in [0, 0.1) is 6.92 Å². The molecule has 1 saturated carbocycles. The summed E-state index contributed by atoms with van der Waals surface area (Å²) >= 11 is 0. The molecule has 5 heteroatoms. The first-order chi connectivity index (χ1) is 9.69. The van der Waals surface area contributed by atoms with E-state index in [2.05, 4.69) is 10.3 Å². The minimum Gasteiger partial charge on any atom is -0.482 e. The summed E-state index contributed by atoms with van der Waals surface area (Å²) in [4.78, 5) is 16.2. The van der Waals surface area contributed by atoms with Crippen molar-refractivity contribution >= 4 is 5.91 Å². The Morgan fingerprint density at radius 2 is 2.20 bits per heavy atom. The fourth-order valence-electron chi connectivity index (χ4n) is 2.53. The Kier molecular flexibility index (Phi) is 5.35. The summed E-state index contributed by atoms with van der Waals surface area (Å²) in [6.07, 6.45) is 5.22. The number of ether oxygens (including phenoxy) is 1. The van der Waals surface area contributed by atoms with Crippen LogP contribution in [0.5, 0.6) is 5.75 Å². The Morgan fingerprint density at radius 3 is 2.90 bits per heavy atom. The molecule has 5 nitrogen and oxygen atoms in total. The molecule has 1 aliphatic carbocycles. The molecule has 0 spiro atoms. The van der Waals surface area contributed by atoms with E-state index in [1.54, 1.807) is 0 Å². The summed E-state index contributed by atoms with van der Waals surface area (Å²) < 4.78 is 5.59. The maximum Gasteiger partial charge on any atom is 0.258 e. The van der Waals surface area contributed by atoms with Crippen molar-refractivity contribution in [1.82, 2.24) is 10.3 Å². The van der Waals surface area contributed by atoms with Gasteiger partial charge >= 0.3 is 0 Å². The van der Waals surface area contributed by atoms with Gasteiger partial charge in [-0.25, -0.2) is 0 Å². The van der Waals surface area contributed by atoms with E-state index in [9.17, 15) is 4.79 Å². The molecule has 1 heterocycles. The number of hydrogen-bond acceptors (Lipinski definition) is 4. The fraction of sp³-hybridized carbons (Fsp3) is 0.600. The Hall–Kier alpha value is -1.62. The molecule has 1 amide bonds. The number of pyridine rings is 1. The van der Waals surface area contributed by atoms with E-state index < -0.39 is 0 Å². The van der Waals surface area contributed by atoms with E-state index >= 15 is 0 Å². The summed E-state index contributed by atoms with van der Waals surface area (Å²) in [5.41, 5.74) is 7.32. The highest BCUT2D eigenvalue weighted by atomic mass is 16.5. The van der Waals surface area contributed by atoms with E-state index in [1.165, 1.54) is 12.8 Å². The molecule has 1 aromatic rings. The van der Waals surface area contributed by atoms with Gasteiger partial charge in [0.25, 0.3) is 5.91 Å². The molecule has 1 aliphatic rings. The number of nitrogens with one attached hydrogen (secondary N) is 1. The number of carbonyl (C=O) groups excluding carboxylic acids is 1. The lowest BCUT2D eigenvalue weighted by atomic mass is 10.2. The van der Waals surface area contributed by atoms with Gasteiger partial charge in [0.15, 0.2) is 6.61 Å². The number of aromatic nitrogens is 1. The van der Waals surface area contributed by atoms with Crippen LogP contribution in [0.15, 0.2) is 12.1 Å². The molecule has 0 aromatic carbocycles. The van der Waals surface area contributed by atoms with Crippen molar-refractivity contribution < 1.29 is 9.53 Å². The van der Waals surface area contributed by atoms with Crippen molar-refractivity contribution in [3.05, 3.63) is 23.5 Å². The molecule has 110 valence electrons. The lowest BCUT2D eigenvalue weighted by Crippen LogP contribution is -2.36. The molecule has 1 fully saturated rings. The van der Waals surface area contributed by atoms with Crippen LogP contribution in [0.2, 0.25) is 0 Å². The molecular weight excluding hydrogens is 254 g/mol. The molecule has 0 bridgehead atoms. The molecule has 20 heavy (non-hydrogen) atoms. The molecule has 2 rings (SSSR count). The topological polar surface area (TPSA) is 77.2 Å². The van der Waals surface area contributed by atoms with Gasteiger partial charge in [-0.3, -0.25) is 9.78 Å². The number of aryl methyl sites for hydroxylation is 1. The predicted octanol–water partition coefficient (Wildman–Crippen LogP) is 1.33. The maximum atomic E-state index is 11.8. The van der Waals surface area contributed by atoms with Gasteiger partial charge in [0.05, 0.1) is 5.69 Å². The second kappa shape index (κ2) is 7.24. The summed E-state index contributed by atoms with van der Waals surface area (Å²) in [6, 6.07) is 4.06. The van der Waals surface area contributed by atoms with Crippen LogP contribution in [-0.4, -0.2) is 30.1 Å². The Balaban J connectivity index is 1.87. The van der Waals surface area contributed by atoms with Gasteiger partial charge in [-0.1, -0.05) is 12.8 Å². The molecule has 0 aliphatic heterocycles. The normalized spacial score (nSPS) is 15.3. The second-order valence-electron chi connectivity index (χ2n) is 5.27. The Labute approximate surface area is 119 Å². The molecule has 0 saturated heterocycles. The van der Waals surface area contributed by atoms with Crippen LogP contribution in [-0.2, 0) is 11.2 Å².